The smallest absolute Gasteiger partial charge is 0.198 e. The van der Waals surface area contributed by atoms with Gasteiger partial charge < -0.3 is 0 Å². The Morgan fingerprint density at radius 1 is 0.828 bits per heavy atom. The number of nitrogens with zero attached hydrogens (tertiary/aromatic N) is 1. The third kappa shape index (κ3) is 6.68. The molecule has 0 heterocycles. The molecular formula is C24H26N2O2S. The second-order valence-corrected chi connectivity index (χ2v) is 8.66. The van der Waals surface area contributed by atoms with Gasteiger partial charge in [0.2, 0.25) is 0 Å². The topological polar surface area (TPSA) is 49.4 Å². The highest BCUT2D eigenvalue weighted by atomic mass is 32.2. The van der Waals surface area contributed by atoms with Gasteiger partial charge in [-0.3, -0.25) is 0 Å². The van der Waals surface area contributed by atoms with Crippen molar-refractivity contribution < 1.29 is 8.42 Å². The first kappa shape index (κ1) is 21.0. The standard InChI is InChI=1S/C24H26N2O2S/c1-21-14-16-22(17-15-21)13-8-18-26(20-24-11-6-3-7-12-24)29(27,28)25-19-23-9-4-2-5-10-23/h2-17,25H,18-20H2,1H3/b13-8+. The second-order valence-electron chi connectivity index (χ2n) is 6.90. The van der Waals surface area contributed by atoms with Gasteiger partial charge in [-0.25, -0.2) is 0 Å². The number of aryl methyl sites for hydroxylation is 1. The van der Waals surface area contributed by atoms with Crippen LogP contribution in [0.5, 0.6) is 0 Å². The zero-order valence-corrected chi connectivity index (χ0v) is 17.3. The van der Waals surface area contributed by atoms with E-state index in [9.17, 15) is 8.42 Å². The molecule has 0 saturated carbocycles. The third-order valence-electron chi connectivity index (χ3n) is 4.54. The van der Waals surface area contributed by atoms with Gasteiger partial charge in [-0.15, -0.1) is 0 Å². The average molecular weight is 407 g/mol. The van der Waals surface area contributed by atoms with Crippen molar-refractivity contribution in [2.75, 3.05) is 6.54 Å². The summed E-state index contributed by atoms with van der Waals surface area (Å²) < 4.78 is 30.1. The minimum Gasteiger partial charge on any atom is -0.198 e. The Morgan fingerprint density at radius 2 is 1.41 bits per heavy atom. The second kappa shape index (κ2) is 10.2. The summed E-state index contributed by atoms with van der Waals surface area (Å²) in [5.41, 5.74) is 4.11. The quantitative estimate of drug-likeness (QED) is 0.567. The minimum absolute atomic E-state index is 0.260. The predicted molar refractivity (Wildman–Crippen MR) is 119 cm³/mol. The van der Waals surface area contributed by atoms with Crippen molar-refractivity contribution in [2.45, 2.75) is 20.0 Å². The Bertz CT molecular complexity index is 1020. The molecule has 0 aliphatic carbocycles. The number of hydrogen-bond donors (Lipinski definition) is 1. The van der Waals surface area contributed by atoms with Crippen LogP contribution in [0.15, 0.2) is 91.0 Å². The van der Waals surface area contributed by atoms with E-state index in [0.717, 1.165) is 16.7 Å². The molecule has 0 unspecified atom stereocenters. The molecular weight excluding hydrogens is 380 g/mol. The van der Waals surface area contributed by atoms with Gasteiger partial charge >= 0.3 is 0 Å². The Hall–Kier alpha value is -2.73. The van der Waals surface area contributed by atoms with Crippen LogP contribution in [0, 0.1) is 6.92 Å². The normalized spacial score (nSPS) is 11.9. The Labute approximate surface area is 173 Å². The Balaban J connectivity index is 1.73. The number of nitrogens with one attached hydrogen (secondary N) is 1. The molecule has 3 aromatic carbocycles. The summed E-state index contributed by atoms with van der Waals surface area (Å²) in [5, 5.41) is 0. The summed E-state index contributed by atoms with van der Waals surface area (Å²) in [6, 6.07) is 27.3. The van der Waals surface area contributed by atoms with Crippen molar-refractivity contribution in [3.05, 3.63) is 113 Å². The van der Waals surface area contributed by atoms with Crippen LogP contribution in [0.2, 0.25) is 0 Å². The summed E-state index contributed by atoms with van der Waals surface area (Å²) in [5.74, 6) is 0. The Kier molecular flexibility index (Phi) is 7.36. The average Bonchev–Trinajstić information content (AvgIpc) is 2.74. The first-order valence-corrected chi connectivity index (χ1v) is 11.0. The van der Waals surface area contributed by atoms with Crippen LogP contribution in [0.25, 0.3) is 6.08 Å². The maximum absolute atomic E-state index is 13.0. The lowest BCUT2D eigenvalue weighted by atomic mass is 10.1. The minimum atomic E-state index is -3.65. The summed E-state index contributed by atoms with van der Waals surface area (Å²) in [6.07, 6.45) is 3.83. The molecule has 0 aromatic heterocycles. The van der Waals surface area contributed by atoms with Crippen LogP contribution in [0.1, 0.15) is 22.3 Å². The van der Waals surface area contributed by atoms with Gasteiger partial charge in [0.15, 0.2) is 0 Å². The largest absolute Gasteiger partial charge is 0.280 e. The Morgan fingerprint density at radius 3 is 2.03 bits per heavy atom. The lowest BCUT2D eigenvalue weighted by molar-refractivity contribution is 0.428. The summed E-state index contributed by atoms with van der Waals surface area (Å²) in [6.45, 7) is 2.90. The summed E-state index contributed by atoms with van der Waals surface area (Å²) in [4.78, 5) is 0. The monoisotopic (exact) mass is 406 g/mol. The SMILES string of the molecule is Cc1ccc(/C=C/CN(Cc2ccccc2)S(=O)(=O)NCc2ccccc2)cc1. The molecule has 0 amide bonds. The fourth-order valence-electron chi connectivity index (χ4n) is 2.88. The first-order chi connectivity index (χ1) is 14.0. The van der Waals surface area contributed by atoms with Gasteiger partial charge in [-0.2, -0.15) is 17.4 Å². The molecule has 5 heteroatoms. The van der Waals surface area contributed by atoms with Crippen molar-refractivity contribution in [2.24, 2.45) is 0 Å². The number of hydrogen-bond acceptors (Lipinski definition) is 2. The lowest BCUT2D eigenvalue weighted by Gasteiger charge is -2.21. The maximum Gasteiger partial charge on any atom is 0.280 e. The van der Waals surface area contributed by atoms with E-state index in [4.69, 9.17) is 0 Å². The zero-order chi connectivity index (χ0) is 20.5. The van der Waals surface area contributed by atoms with Gasteiger partial charge in [0, 0.05) is 19.6 Å². The molecule has 4 nitrogen and oxygen atoms in total. The van der Waals surface area contributed by atoms with Crippen molar-refractivity contribution in [1.82, 2.24) is 9.03 Å². The highest BCUT2D eigenvalue weighted by molar-refractivity contribution is 7.87. The van der Waals surface area contributed by atoms with Crippen molar-refractivity contribution in [3.63, 3.8) is 0 Å². The third-order valence-corrected chi connectivity index (χ3v) is 6.01. The molecule has 0 atom stereocenters. The van der Waals surface area contributed by atoms with Crippen LogP contribution in [-0.4, -0.2) is 19.3 Å². The molecule has 0 spiro atoms. The zero-order valence-electron chi connectivity index (χ0n) is 16.5. The van der Waals surface area contributed by atoms with E-state index in [1.165, 1.54) is 9.87 Å². The van der Waals surface area contributed by atoms with E-state index < -0.39 is 10.2 Å². The van der Waals surface area contributed by atoms with E-state index in [-0.39, 0.29) is 13.1 Å². The van der Waals surface area contributed by atoms with Crippen LogP contribution in [-0.2, 0) is 23.3 Å². The highest BCUT2D eigenvalue weighted by Crippen LogP contribution is 2.11. The molecule has 3 aromatic rings. The molecule has 0 radical (unpaired) electrons. The van der Waals surface area contributed by atoms with Gasteiger partial charge in [0.05, 0.1) is 0 Å². The fourth-order valence-corrected chi connectivity index (χ4v) is 4.01. The van der Waals surface area contributed by atoms with E-state index >= 15 is 0 Å². The molecule has 0 bridgehead atoms. The van der Waals surface area contributed by atoms with Gasteiger partial charge in [-0.1, -0.05) is 103 Å². The van der Waals surface area contributed by atoms with Crippen LogP contribution in [0.4, 0.5) is 0 Å². The number of rotatable bonds is 9. The predicted octanol–water partition coefficient (Wildman–Crippen LogP) is 4.55. The van der Waals surface area contributed by atoms with E-state index in [0.29, 0.717) is 6.54 Å². The van der Waals surface area contributed by atoms with Gasteiger partial charge in [0.1, 0.15) is 0 Å². The molecule has 3 rings (SSSR count). The number of benzene rings is 3. The van der Waals surface area contributed by atoms with Crippen molar-refractivity contribution >= 4 is 16.3 Å². The molecule has 1 N–H and O–H groups in total. The summed E-state index contributed by atoms with van der Waals surface area (Å²) in [7, 11) is -3.65. The fraction of sp³-hybridized carbons (Fsp3) is 0.167. The molecule has 150 valence electrons. The van der Waals surface area contributed by atoms with Crippen LogP contribution < -0.4 is 4.72 Å². The van der Waals surface area contributed by atoms with Crippen LogP contribution in [0.3, 0.4) is 0 Å². The molecule has 0 aliphatic heterocycles. The molecule has 0 saturated heterocycles. The van der Waals surface area contributed by atoms with Crippen LogP contribution >= 0.6 is 0 Å². The van der Waals surface area contributed by atoms with Gasteiger partial charge in [-0.05, 0) is 23.6 Å². The molecule has 0 fully saturated rings. The highest BCUT2D eigenvalue weighted by Gasteiger charge is 2.20. The van der Waals surface area contributed by atoms with E-state index in [2.05, 4.69) is 4.72 Å². The van der Waals surface area contributed by atoms with Crippen molar-refractivity contribution in [1.29, 1.82) is 0 Å². The maximum atomic E-state index is 13.0. The van der Waals surface area contributed by atoms with Crippen molar-refractivity contribution in [3.8, 4) is 0 Å². The summed E-state index contributed by atoms with van der Waals surface area (Å²) >= 11 is 0. The molecule has 0 aliphatic rings. The van der Waals surface area contributed by atoms with Gasteiger partial charge in [0.25, 0.3) is 10.2 Å². The van der Waals surface area contributed by atoms with E-state index in [1.54, 1.807) is 0 Å². The first-order valence-electron chi connectivity index (χ1n) is 9.59. The van der Waals surface area contributed by atoms with E-state index in [1.807, 2.05) is 104 Å². The lowest BCUT2D eigenvalue weighted by Crippen LogP contribution is -2.40. The molecule has 29 heavy (non-hydrogen) atoms.